The number of nitrogens with zero attached hydrogens (tertiary/aromatic N) is 1. The van der Waals surface area contributed by atoms with Crippen LogP contribution in [0, 0.1) is 20.8 Å². The summed E-state index contributed by atoms with van der Waals surface area (Å²) in [4.78, 5) is 10.8. The smallest absolute Gasteiger partial charge is 0.307 e. The summed E-state index contributed by atoms with van der Waals surface area (Å²) in [6.45, 7) is 5.85. The maximum atomic E-state index is 10.8. The fourth-order valence-electron chi connectivity index (χ4n) is 2.29. The summed E-state index contributed by atoms with van der Waals surface area (Å²) in [5, 5.41) is 9.62. The van der Waals surface area contributed by atoms with Crippen LogP contribution in [-0.2, 0) is 11.2 Å². The SMILES string of the molecule is Cc1ccc(-n2c(C)cc(CC(=O)O)c2C)cc1Cl. The summed E-state index contributed by atoms with van der Waals surface area (Å²) in [7, 11) is 0. The molecule has 0 saturated carbocycles. The predicted molar refractivity (Wildman–Crippen MR) is 76.3 cm³/mol. The summed E-state index contributed by atoms with van der Waals surface area (Å²) in [6.07, 6.45) is 0.0409. The van der Waals surface area contributed by atoms with Crippen molar-refractivity contribution in [1.29, 1.82) is 0 Å². The van der Waals surface area contributed by atoms with Crippen LogP contribution in [0.5, 0.6) is 0 Å². The molecule has 100 valence electrons. The molecule has 1 heterocycles. The molecule has 2 rings (SSSR count). The van der Waals surface area contributed by atoms with E-state index in [1.807, 2.05) is 49.6 Å². The van der Waals surface area contributed by atoms with Crippen LogP contribution < -0.4 is 0 Å². The van der Waals surface area contributed by atoms with Crippen molar-refractivity contribution in [3.05, 3.63) is 51.8 Å². The quantitative estimate of drug-likeness (QED) is 0.930. The Morgan fingerprint density at radius 1 is 1.26 bits per heavy atom. The lowest BCUT2D eigenvalue weighted by Gasteiger charge is -2.11. The molecule has 0 saturated heterocycles. The topological polar surface area (TPSA) is 42.2 Å². The highest BCUT2D eigenvalue weighted by Crippen LogP contribution is 2.25. The second-order valence-electron chi connectivity index (χ2n) is 4.74. The fourth-order valence-corrected chi connectivity index (χ4v) is 2.46. The lowest BCUT2D eigenvalue weighted by Crippen LogP contribution is -2.03. The second kappa shape index (κ2) is 5.10. The highest BCUT2D eigenvalue weighted by molar-refractivity contribution is 6.31. The average molecular weight is 278 g/mol. The molecular formula is C15H16ClNO2. The van der Waals surface area contributed by atoms with Gasteiger partial charge in [0.2, 0.25) is 0 Å². The van der Waals surface area contributed by atoms with Crippen LogP contribution >= 0.6 is 11.6 Å². The standard InChI is InChI=1S/C15H16ClNO2/c1-9-4-5-13(8-14(9)16)17-10(2)6-12(11(17)3)7-15(18)19/h4-6,8H,7H2,1-3H3,(H,18,19). The van der Waals surface area contributed by atoms with Crippen LogP contribution in [0.25, 0.3) is 5.69 Å². The van der Waals surface area contributed by atoms with Crippen LogP contribution in [0.3, 0.4) is 0 Å². The maximum Gasteiger partial charge on any atom is 0.307 e. The number of carbonyl (C=O) groups is 1. The molecule has 0 amide bonds. The van der Waals surface area contributed by atoms with Gasteiger partial charge in [-0.2, -0.15) is 0 Å². The molecule has 0 bridgehead atoms. The molecular weight excluding hydrogens is 262 g/mol. The van der Waals surface area contributed by atoms with Crippen molar-refractivity contribution in [2.75, 3.05) is 0 Å². The maximum absolute atomic E-state index is 10.8. The molecule has 1 aromatic heterocycles. The van der Waals surface area contributed by atoms with E-state index in [1.54, 1.807) is 0 Å². The van der Waals surface area contributed by atoms with Crippen molar-refractivity contribution in [1.82, 2.24) is 4.57 Å². The number of aliphatic carboxylic acids is 1. The minimum absolute atomic E-state index is 0.0409. The van der Waals surface area contributed by atoms with Gasteiger partial charge in [-0.15, -0.1) is 0 Å². The number of hydrogen-bond acceptors (Lipinski definition) is 1. The van der Waals surface area contributed by atoms with E-state index >= 15 is 0 Å². The third kappa shape index (κ3) is 2.66. The molecule has 0 fully saturated rings. The van der Waals surface area contributed by atoms with Crippen molar-refractivity contribution >= 4 is 17.6 Å². The average Bonchev–Trinajstić information content (AvgIpc) is 2.58. The highest BCUT2D eigenvalue weighted by atomic mass is 35.5. The van der Waals surface area contributed by atoms with Gasteiger partial charge in [-0.25, -0.2) is 0 Å². The first-order valence-electron chi connectivity index (χ1n) is 6.06. The molecule has 0 atom stereocenters. The zero-order valence-corrected chi connectivity index (χ0v) is 12.0. The minimum atomic E-state index is -0.817. The van der Waals surface area contributed by atoms with Gasteiger partial charge in [0.25, 0.3) is 0 Å². The van der Waals surface area contributed by atoms with Crippen LogP contribution in [0.4, 0.5) is 0 Å². The molecule has 0 aliphatic rings. The summed E-state index contributed by atoms with van der Waals surface area (Å²) < 4.78 is 2.03. The first kappa shape index (κ1) is 13.7. The Morgan fingerprint density at radius 2 is 1.95 bits per heavy atom. The van der Waals surface area contributed by atoms with Crippen LogP contribution in [-0.4, -0.2) is 15.6 Å². The molecule has 2 aromatic rings. The fraction of sp³-hybridized carbons (Fsp3) is 0.267. The first-order chi connectivity index (χ1) is 8.90. The molecule has 4 heteroatoms. The number of carboxylic acids is 1. The summed E-state index contributed by atoms with van der Waals surface area (Å²) in [5.41, 5.74) is 4.77. The molecule has 19 heavy (non-hydrogen) atoms. The normalized spacial score (nSPS) is 10.7. The van der Waals surface area contributed by atoms with E-state index in [-0.39, 0.29) is 6.42 Å². The number of hydrogen-bond donors (Lipinski definition) is 1. The van der Waals surface area contributed by atoms with Crippen molar-refractivity contribution in [3.63, 3.8) is 0 Å². The third-order valence-corrected chi connectivity index (χ3v) is 3.70. The first-order valence-corrected chi connectivity index (χ1v) is 6.44. The molecule has 1 aromatic carbocycles. The zero-order valence-electron chi connectivity index (χ0n) is 11.2. The highest BCUT2D eigenvalue weighted by Gasteiger charge is 2.13. The van der Waals surface area contributed by atoms with E-state index in [2.05, 4.69) is 0 Å². The van der Waals surface area contributed by atoms with Gasteiger partial charge in [0, 0.05) is 22.1 Å². The van der Waals surface area contributed by atoms with Crippen molar-refractivity contribution in [2.24, 2.45) is 0 Å². The lowest BCUT2D eigenvalue weighted by atomic mass is 10.2. The zero-order chi connectivity index (χ0) is 14.2. The summed E-state index contributed by atoms with van der Waals surface area (Å²) in [6, 6.07) is 7.78. The number of carboxylic acid groups (broad SMARTS) is 1. The van der Waals surface area contributed by atoms with Gasteiger partial charge in [-0.3, -0.25) is 4.79 Å². The number of rotatable bonds is 3. The number of aryl methyl sites for hydroxylation is 2. The number of benzene rings is 1. The van der Waals surface area contributed by atoms with Crippen LogP contribution in [0.2, 0.25) is 5.02 Å². The van der Waals surface area contributed by atoms with Gasteiger partial charge >= 0.3 is 5.97 Å². The van der Waals surface area contributed by atoms with E-state index in [4.69, 9.17) is 16.7 Å². The summed E-state index contributed by atoms with van der Waals surface area (Å²) >= 11 is 6.15. The Kier molecular flexibility index (Phi) is 3.67. The Morgan fingerprint density at radius 3 is 2.53 bits per heavy atom. The molecule has 3 nitrogen and oxygen atoms in total. The van der Waals surface area contributed by atoms with E-state index in [1.165, 1.54) is 0 Å². The van der Waals surface area contributed by atoms with Crippen molar-refractivity contribution in [3.8, 4) is 5.69 Å². The van der Waals surface area contributed by atoms with Crippen LogP contribution in [0.1, 0.15) is 22.5 Å². The van der Waals surface area contributed by atoms with Gasteiger partial charge in [-0.1, -0.05) is 17.7 Å². The van der Waals surface area contributed by atoms with E-state index in [9.17, 15) is 4.79 Å². The Balaban J connectivity index is 2.52. The summed E-state index contributed by atoms with van der Waals surface area (Å²) in [5.74, 6) is -0.817. The Hall–Kier alpha value is -1.74. The Labute approximate surface area is 117 Å². The van der Waals surface area contributed by atoms with Gasteiger partial charge in [-0.05, 0) is 50.1 Å². The van der Waals surface area contributed by atoms with Gasteiger partial charge in [0.15, 0.2) is 0 Å². The lowest BCUT2D eigenvalue weighted by molar-refractivity contribution is -0.136. The van der Waals surface area contributed by atoms with Gasteiger partial charge in [0.1, 0.15) is 0 Å². The second-order valence-corrected chi connectivity index (χ2v) is 5.14. The van der Waals surface area contributed by atoms with Crippen molar-refractivity contribution < 1.29 is 9.90 Å². The molecule has 0 spiro atoms. The van der Waals surface area contributed by atoms with E-state index < -0.39 is 5.97 Å². The number of aromatic nitrogens is 1. The van der Waals surface area contributed by atoms with E-state index in [0.29, 0.717) is 5.02 Å². The van der Waals surface area contributed by atoms with Crippen LogP contribution in [0.15, 0.2) is 24.3 Å². The monoisotopic (exact) mass is 277 g/mol. The van der Waals surface area contributed by atoms with Gasteiger partial charge in [0.05, 0.1) is 6.42 Å². The van der Waals surface area contributed by atoms with E-state index in [0.717, 1.165) is 28.2 Å². The van der Waals surface area contributed by atoms with Gasteiger partial charge < -0.3 is 9.67 Å². The Bertz CT molecular complexity index is 644. The molecule has 0 radical (unpaired) electrons. The molecule has 0 unspecified atom stereocenters. The van der Waals surface area contributed by atoms with Crippen molar-refractivity contribution in [2.45, 2.75) is 27.2 Å². The largest absolute Gasteiger partial charge is 0.481 e. The molecule has 0 aliphatic heterocycles. The number of halogens is 1. The minimum Gasteiger partial charge on any atom is -0.481 e. The molecule has 1 N–H and O–H groups in total. The predicted octanol–water partition coefficient (Wildman–Crippen LogP) is 3.68. The third-order valence-electron chi connectivity index (χ3n) is 3.29. The molecule has 0 aliphatic carbocycles.